The van der Waals surface area contributed by atoms with Crippen molar-refractivity contribution in [2.24, 2.45) is 5.16 Å². The largest absolute Gasteiger partial charge is 0.417 e. The van der Waals surface area contributed by atoms with E-state index in [0.29, 0.717) is 0 Å². The van der Waals surface area contributed by atoms with Crippen molar-refractivity contribution in [2.45, 2.75) is 19.7 Å². The van der Waals surface area contributed by atoms with Gasteiger partial charge in [0.1, 0.15) is 18.2 Å². The number of nitrogens with zero attached hydrogens (tertiary/aromatic N) is 1. The van der Waals surface area contributed by atoms with E-state index in [1.54, 1.807) is 0 Å². The highest BCUT2D eigenvalue weighted by atomic mass is 35.5. The fraction of sp³-hybridized carbons (Fsp3) is 0.188. The molecule has 0 fully saturated rings. The Kier molecular flexibility index (Phi) is 5.43. The van der Waals surface area contributed by atoms with E-state index in [-0.39, 0.29) is 21.9 Å². The summed E-state index contributed by atoms with van der Waals surface area (Å²) in [4.78, 5) is 4.80. The molecule has 0 saturated heterocycles. The van der Waals surface area contributed by atoms with Gasteiger partial charge < -0.3 is 4.84 Å². The van der Waals surface area contributed by atoms with Crippen LogP contribution < -0.4 is 0 Å². The van der Waals surface area contributed by atoms with Gasteiger partial charge in [0, 0.05) is 10.6 Å². The zero-order valence-electron chi connectivity index (χ0n) is 12.3. The standard InChI is InChI=1S/C16H11ClF5NO/c1-9(11-7-10(17)5-6-13(11)16(20,21)22)23-24-8-12-14(18)3-2-4-15(12)19/h2-7H,8H2,1H3/b23-9+. The zero-order valence-corrected chi connectivity index (χ0v) is 13.1. The fourth-order valence-electron chi connectivity index (χ4n) is 1.98. The van der Waals surface area contributed by atoms with Crippen LogP contribution >= 0.6 is 11.6 Å². The fourth-order valence-corrected chi connectivity index (χ4v) is 2.15. The van der Waals surface area contributed by atoms with Gasteiger partial charge in [-0.25, -0.2) is 8.78 Å². The molecule has 0 aliphatic heterocycles. The van der Waals surface area contributed by atoms with Crippen molar-refractivity contribution in [2.75, 3.05) is 0 Å². The van der Waals surface area contributed by atoms with Gasteiger partial charge in [0.05, 0.1) is 16.8 Å². The summed E-state index contributed by atoms with van der Waals surface area (Å²) in [5, 5.41) is 3.60. The van der Waals surface area contributed by atoms with Crippen LogP contribution in [-0.4, -0.2) is 5.71 Å². The predicted molar refractivity (Wildman–Crippen MR) is 79.8 cm³/mol. The highest BCUT2D eigenvalue weighted by Gasteiger charge is 2.34. The Morgan fingerprint density at radius 3 is 2.33 bits per heavy atom. The molecule has 0 radical (unpaired) electrons. The topological polar surface area (TPSA) is 21.6 Å². The Bertz CT molecular complexity index is 753. The van der Waals surface area contributed by atoms with Gasteiger partial charge in [0.2, 0.25) is 0 Å². The van der Waals surface area contributed by atoms with Crippen LogP contribution in [0.4, 0.5) is 22.0 Å². The summed E-state index contributed by atoms with van der Waals surface area (Å²) in [5.41, 5.74) is -1.70. The van der Waals surface area contributed by atoms with Crippen LogP contribution in [-0.2, 0) is 17.6 Å². The SMILES string of the molecule is C/C(=N\OCc1c(F)cccc1F)c1cc(Cl)ccc1C(F)(F)F. The lowest BCUT2D eigenvalue weighted by Gasteiger charge is -2.13. The maximum Gasteiger partial charge on any atom is 0.417 e. The first-order chi connectivity index (χ1) is 11.2. The molecule has 0 saturated carbocycles. The maximum absolute atomic E-state index is 13.4. The summed E-state index contributed by atoms with van der Waals surface area (Å²) in [7, 11) is 0. The van der Waals surface area contributed by atoms with E-state index in [4.69, 9.17) is 16.4 Å². The minimum absolute atomic E-state index is 0.0905. The summed E-state index contributed by atoms with van der Waals surface area (Å²) in [6.07, 6.45) is -4.60. The highest BCUT2D eigenvalue weighted by Crippen LogP contribution is 2.33. The molecule has 0 unspecified atom stereocenters. The maximum atomic E-state index is 13.4. The molecule has 0 atom stereocenters. The molecule has 8 heteroatoms. The lowest BCUT2D eigenvalue weighted by Crippen LogP contribution is -2.12. The van der Waals surface area contributed by atoms with Gasteiger partial charge in [-0.2, -0.15) is 13.2 Å². The van der Waals surface area contributed by atoms with E-state index in [0.717, 1.165) is 30.3 Å². The Balaban J connectivity index is 2.24. The summed E-state index contributed by atoms with van der Waals surface area (Å²) >= 11 is 5.72. The van der Waals surface area contributed by atoms with Crippen molar-refractivity contribution in [3.63, 3.8) is 0 Å². The minimum Gasteiger partial charge on any atom is -0.390 e. The molecule has 2 aromatic rings. The van der Waals surface area contributed by atoms with Crippen molar-refractivity contribution < 1.29 is 26.8 Å². The lowest BCUT2D eigenvalue weighted by molar-refractivity contribution is -0.137. The van der Waals surface area contributed by atoms with Gasteiger partial charge in [0.25, 0.3) is 0 Å². The van der Waals surface area contributed by atoms with Crippen LogP contribution in [0.1, 0.15) is 23.6 Å². The van der Waals surface area contributed by atoms with Crippen molar-refractivity contribution in [3.8, 4) is 0 Å². The lowest BCUT2D eigenvalue weighted by atomic mass is 10.0. The molecule has 0 amide bonds. The minimum atomic E-state index is -4.60. The number of rotatable bonds is 4. The monoisotopic (exact) mass is 363 g/mol. The molecule has 0 heterocycles. The van der Waals surface area contributed by atoms with Crippen LogP contribution in [0.25, 0.3) is 0 Å². The Morgan fingerprint density at radius 1 is 1.12 bits per heavy atom. The summed E-state index contributed by atoms with van der Waals surface area (Å²) in [6.45, 7) is 0.719. The Labute approximate surface area is 139 Å². The zero-order chi connectivity index (χ0) is 17.9. The average molecular weight is 364 g/mol. The normalized spacial score (nSPS) is 12.4. The van der Waals surface area contributed by atoms with Gasteiger partial charge in [-0.15, -0.1) is 0 Å². The van der Waals surface area contributed by atoms with Crippen LogP contribution in [0.2, 0.25) is 5.02 Å². The van der Waals surface area contributed by atoms with Gasteiger partial charge in [-0.3, -0.25) is 0 Å². The van der Waals surface area contributed by atoms with Crippen molar-refractivity contribution >= 4 is 17.3 Å². The third-order valence-corrected chi connectivity index (χ3v) is 3.38. The smallest absolute Gasteiger partial charge is 0.390 e. The average Bonchev–Trinajstić information content (AvgIpc) is 2.48. The molecule has 2 nitrogen and oxygen atoms in total. The quantitative estimate of drug-likeness (QED) is 0.395. The van der Waals surface area contributed by atoms with E-state index < -0.39 is 30.0 Å². The molecule has 0 aromatic heterocycles. The van der Waals surface area contributed by atoms with Crippen molar-refractivity contribution in [3.05, 3.63) is 69.7 Å². The molecule has 0 aliphatic rings. The number of hydrogen-bond donors (Lipinski definition) is 0. The Hall–Kier alpha value is -2.15. The summed E-state index contributed by atoms with van der Waals surface area (Å²) in [5.74, 6) is -1.66. The van der Waals surface area contributed by atoms with Crippen molar-refractivity contribution in [1.82, 2.24) is 0 Å². The van der Waals surface area contributed by atoms with Crippen LogP contribution in [0, 0.1) is 11.6 Å². The first-order valence-corrected chi connectivity index (χ1v) is 7.04. The predicted octanol–water partition coefficient (Wildman–Crippen LogP) is 5.58. The molecule has 24 heavy (non-hydrogen) atoms. The second-order valence-corrected chi connectivity index (χ2v) is 5.27. The molecule has 0 N–H and O–H groups in total. The second kappa shape index (κ2) is 7.17. The first kappa shape index (κ1) is 18.2. The number of benzene rings is 2. The molecular weight excluding hydrogens is 353 g/mol. The Morgan fingerprint density at radius 2 is 1.75 bits per heavy atom. The second-order valence-electron chi connectivity index (χ2n) is 4.84. The van der Waals surface area contributed by atoms with Crippen LogP contribution in [0.3, 0.4) is 0 Å². The van der Waals surface area contributed by atoms with E-state index in [1.165, 1.54) is 13.0 Å². The molecule has 0 bridgehead atoms. The molecule has 128 valence electrons. The molecule has 0 aliphatic carbocycles. The van der Waals surface area contributed by atoms with Gasteiger partial charge in [-0.1, -0.05) is 22.8 Å². The number of oxime groups is 1. The number of halogens is 6. The van der Waals surface area contributed by atoms with Gasteiger partial charge in [-0.05, 0) is 37.3 Å². The molecular formula is C16H11ClF5NO. The van der Waals surface area contributed by atoms with Crippen LogP contribution in [0.5, 0.6) is 0 Å². The van der Waals surface area contributed by atoms with E-state index in [2.05, 4.69) is 5.16 Å². The molecule has 2 aromatic carbocycles. The summed E-state index contributed by atoms with van der Waals surface area (Å²) < 4.78 is 65.9. The molecule has 2 rings (SSSR count). The summed E-state index contributed by atoms with van der Waals surface area (Å²) in [6, 6.07) is 6.29. The van der Waals surface area contributed by atoms with Crippen molar-refractivity contribution in [1.29, 1.82) is 0 Å². The molecule has 0 spiro atoms. The first-order valence-electron chi connectivity index (χ1n) is 6.66. The number of hydrogen-bond acceptors (Lipinski definition) is 2. The third kappa shape index (κ3) is 4.23. The third-order valence-electron chi connectivity index (χ3n) is 3.15. The van der Waals surface area contributed by atoms with E-state index >= 15 is 0 Å². The van der Waals surface area contributed by atoms with Gasteiger partial charge in [0.15, 0.2) is 0 Å². The van der Waals surface area contributed by atoms with Gasteiger partial charge >= 0.3 is 6.18 Å². The van der Waals surface area contributed by atoms with E-state index in [9.17, 15) is 22.0 Å². The van der Waals surface area contributed by atoms with E-state index in [1.807, 2.05) is 0 Å². The highest BCUT2D eigenvalue weighted by molar-refractivity contribution is 6.31. The van der Waals surface area contributed by atoms with Crippen LogP contribution in [0.15, 0.2) is 41.6 Å². The number of alkyl halides is 3.